The maximum absolute atomic E-state index is 13.7. The molecule has 0 radical (unpaired) electrons. The fraction of sp³-hybridized carbons (Fsp3) is 0.533. The molecule has 0 unspecified atom stereocenters. The average molecular weight is 555 g/mol. The second kappa shape index (κ2) is 13.3. The number of aliphatic hydroxyl groups excluding tert-OH is 1. The quantitative estimate of drug-likeness (QED) is 0.437. The van der Waals surface area contributed by atoms with Gasteiger partial charge in [0.1, 0.15) is 11.9 Å². The second-order valence-electron chi connectivity index (χ2n) is 11.2. The van der Waals surface area contributed by atoms with Gasteiger partial charge in [0.15, 0.2) is 11.5 Å². The van der Waals surface area contributed by atoms with E-state index in [1.807, 2.05) is 51.2 Å². The summed E-state index contributed by atoms with van der Waals surface area (Å²) in [7, 11) is 5.98. The lowest BCUT2D eigenvalue weighted by Gasteiger charge is -2.38. The number of likely N-dealkylation sites (N-methyl/N-ethyl adjacent to an activating group) is 1. The number of hydrogen-bond acceptors (Lipinski definition) is 8. The minimum Gasteiger partial charge on any atom is -0.488 e. The number of amides is 2. The van der Waals surface area contributed by atoms with Crippen molar-refractivity contribution in [3.8, 4) is 17.2 Å². The number of carbonyl (C=O) groups excluding carboxylic acids is 2. The average Bonchev–Trinajstić information content (AvgIpc) is 3.38. The summed E-state index contributed by atoms with van der Waals surface area (Å²) >= 11 is 0. The SMILES string of the molecule is C[C@H](CO)N1C[C@H](C)[C@@H](CN(C)Cc2ccc3c(c2)OCO3)Oc2ccc(NC(=O)CCCN(C)C)cc2C1=O. The molecule has 0 saturated heterocycles. The normalized spacial score (nSPS) is 19.2. The van der Waals surface area contributed by atoms with Crippen LogP contribution in [0.15, 0.2) is 36.4 Å². The molecule has 2 heterocycles. The Morgan fingerprint density at radius 3 is 2.62 bits per heavy atom. The van der Waals surface area contributed by atoms with E-state index in [0.717, 1.165) is 30.0 Å². The van der Waals surface area contributed by atoms with Gasteiger partial charge in [0.05, 0.1) is 18.2 Å². The fourth-order valence-electron chi connectivity index (χ4n) is 5.02. The van der Waals surface area contributed by atoms with Crippen molar-refractivity contribution in [2.75, 3.05) is 59.5 Å². The van der Waals surface area contributed by atoms with E-state index in [4.69, 9.17) is 14.2 Å². The van der Waals surface area contributed by atoms with Gasteiger partial charge in [-0.1, -0.05) is 13.0 Å². The van der Waals surface area contributed by atoms with Crippen molar-refractivity contribution in [1.29, 1.82) is 0 Å². The van der Waals surface area contributed by atoms with Crippen LogP contribution in [0.1, 0.15) is 42.6 Å². The Bertz CT molecular complexity index is 1190. The van der Waals surface area contributed by atoms with Crippen LogP contribution in [0, 0.1) is 5.92 Å². The van der Waals surface area contributed by atoms with Crippen LogP contribution < -0.4 is 19.5 Å². The third kappa shape index (κ3) is 7.44. The van der Waals surface area contributed by atoms with Gasteiger partial charge < -0.3 is 34.4 Å². The first-order valence-corrected chi connectivity index (χ1v) is 13.9. The highest BCUT2D eigenvalue weighted by atomic mass is 16.7. The van der Waals surface area contributed by atoms with Crippen LogP contribution in [0.25, 0.3) is 0 Å². The van der Waals surface area contributed by atoms with Crippen molar-refractivity contribution >= 4 is 17.5 Å². The summed E-state index contributed by atoms with van der Waals surface area (Å²) in [4.78, 5) is 32.1. The number of rotatable bonds is 11. The van der Waals surface area contributed by atoms with Gasteiger partial charge in [0.2, 0.25) is 12.7 Å². The summed E-state index contributed by atoms with van der Waals surface area (Å²) in [6.45, 7) is 6.56. The van der Waals surface area contributed by atoms with E-state index in [-0.39, 0.29) is 43.3 Å². The third-order valence-corrected chi connectivity index (χ3v) is 7.34. The van der Waals surface area contributed by atoms with Crippen LogP contribution in [0.3, 0.4) is 0 Å². The predicted octanol–water partition coefficient (Wildman–Crippen LogP) is 3.05. The lowest BCUT2D eigenvalue weighted by molar-refractivity contribution is -0.116. The number of hydrogen-bond donors (Lipinski definition) is 2. The zero-order chi connectivity index (χ0) is 28.8. The molecule has 3 atom stereocenters. The van der Waals surface area contributed by atoms with Gasteiger partial charge in [-0.05, 0) is 76.9 Å². The van der Waals surface area contributed by atoms with Gasteiger partial charge in [-0.25, -0.2) is 0 Å². The van der Waals surface area contributed by atoms with Crippen molar-refractivity contribution < 1.29 is 28.9 Å². The van der Waals surface area contributed by atoms with Crippen LogP contribution in [0.2, 0.25) is 0 Å². The monoisotopic (exact) mass is 554 g/mol. The Morgan fingerprint density at radius 2 is 1.88 bits per heavy atom. The van der Waals surface area contributed by atoms with Gasteiger partial charge in [0.25, 0.3) is 5.91 Å². The first kappa shape index (κ1) is 29.6. The molecule has 2 aliphatic rings. The molecule has 2 aliphatic heterocycles. The number of fused-ring (bicyclic) bond motifs is 2. The third-order valence-electron chi connectivity index (χ3n) is 7.34. The second-order valence-corrected chi connectivity index (χ2v) is 11.2. The largest absolute Gasteiger partial charge is 0.488 e. The summed E-state index contributed by atoms with van der Waals surface area (Å²) in [6, 6.07) is 10.8. The fourth-order valence-corrected chi connectivity index (χ4v) is 5.02. The summed E-state index contributed by atoms with van der Waals surface area (Å²) in [5, 5.41) is 12.8. The first-order valence-electron chi connectivity index (χ1n) is 13.9. The number of anilines is 1. The van der Waals surface area contributed by atoms with E-state index in [0.29, 0.717) is 43.1 Å². The van der Waals surface area contributed by atoms with E-state index in [2.05, 4.69) is 17.1 Å². The zero-order valence-corrected chi connectivity index (χ0v) is 24.2. The molecule has 2 amide bonds. The maximum Gasteiger partial charge on any atom is 0.258 e. The molecule has 0 aromatic heterocycles. The van der Waals surface area contributed by atoms with Crippen molar-refractivity contribution in [1.82, 2.24) is 14.7 Å². The summed E-state index contributed by atoms with van der Waals surface area (Å²) in [6.07, 6.45) is 0.918. The molecule has 4 rings (SSSR count). The van der Waals surface area contributed by atoms with E-state index in [1.165, 1.54) is 0 Å². The van der Waals surface area contributed by atoms with Crippen LogP contribution >= 0.6 is 0 Å². The number of nitrogens with one attached hydrogen (secondary N) is 1. The molecule has 0 spiro atoms. The van der Waals surface area contributed by atoms with Crippen molar-refractivity contribution in [3.63, 3.8) is 0 Å². The van der Waals surface area contributed by atoms with Crippen LogP contribution in [-0.2, 0) is 11.3 Å². The Balaban J connectivity index is 1.51. The lowest BCUT2D eigenvalue weighted by atomic mass is 9.99. The lowest BCUT2D eigenvalue weighted by Crippen LogP contribution is -2.49. The standard InChI is InChI=1S/C30H42N4O6/c1-20-15-34(21(2)18-35)30(37)24-14-23(31-29(36)7-6-12-32(3)4)9-11-25(24)40-28(20)17-33(5)16-22-8-10-26-27(13-22)39-19-38-26/h8-11,13-14,20-21,28,35H,6-7,12,15-19H2,1-5H3,(H,31,36)/t20-,21+,28+/m0/s1. The molecular weight excluding hydrogens is 512 g/mol. The number of nitrogens with zero attached hydrogens (tertiary/aromatic N) is 3. The molecule has 0 aliphatic carbocycles. The van der Waals surface area contributed by atoms with Gasteiger partial charge in [0, 0.05) is 37.7 Å². The Kier molecular flexibility index (Phi) is 9.89. The molecule has 0 saturated carbocycles. The van der Waals surface area contributed by atoms with Gasteiger partial charge in [-0.3, -0.25) is 14.5 Å². The molecule has 0 fully saturated rings. The minimum atomic E-state index is -0.364. The van der Waals surface area contributed by atoms with Gasteiger partial charge in [-0.2, -0.15) is 0 Å². The Labute approximate surface area is 236 Å². The molecule has 218 valence electrons. The van der Waals surface area contributed by atoms with Crippen molar-refractivity contribution in [2.24, 2.45) is 5.92 Å². The van der Waals surface area contributed by atoms with Gasteiger partial charge >= 0.3 is 0 Å². The topological polar surface area (TPSA) is 104 Å². The molecular formula is C30H42N4O6. The van der Waals surface area contributed by atoms with E-state index < -0.39 is 0 Å². The van der Waals surface area contributed by atoms with E-state index in [1.54, 1.807) is 23.1 Å². The van der Waals surface area contributed by atoms with Crippen LogP contribution in [-0.4, -0.2) is 97.9 Å². The highest BCUT2D eigenvalue weighted by molar-refractivity contribution is 5.99. The number of ether oxygens (including phenoxy) is 3. The summed E-state index contributed by atoms with van der Waals surface area (Å²) in [5.41, 5.74) is 2.02. The number of benzene rings is 2. The van der Waals surface area contributed by atoms with E-state index >= 15 is 0 Å². The smallest absolute Gasteiger partial charge is 0.258 e. The van der Waals surface area contributed by atoms with Crippen LogP contribution in [0.4, 0.5) is 5.69 Å². The molecule has 2 N–H and O–H groups in total. The first-order chi connectivity index (χ1) is 19.1. The molecule has 10 heteroatoms. The molecule has 2 aromatic carbocycles. The van der Waals surface area contributed by atoms with E-state index in [9.17, 15) is 14.7 Å². The van der Waals surface area contributed by atoms with Crippen LogP contribution in [0.5, 0.6) is 17.2 Å². The molecule has 10 nitrogen and oxygen atoms in total. The number of carbonyl (C=O) groups is 2. The van der Waals surface area contributed by atoms with Gasteiger partial charge in [-0.15, -0.1) is 0 Å². The molecule has 0 bridgehead atoms. The molecule has 40 heavy (non-hydrogen) atoms. The zero-order valence-electron chi connectivity index (χ0n) is 24.2. The summed E-state index contributed by atoms with van der Waals surface area (Å²) < 4.78 is 17.4. The predicted molar refractivity (Wildman–Crippen MR) is 153 cm³/mol. The molecule has 2 aromatic rings. The highest BCUT2D eigenvalue weighted by Crippen LogP contribution is 2.33. The summed E-state index contributed by atoms with van der Waals surface area (Å²) in [5.74, 6) is 1.66. The van der Waals surface area contributed by atoms with Crippen molar-refractivity contribution in [3.05, 3.63) is 47.5 Å². The maximum atomic E-state index is 13.7. The van der Waals surface area contributed by atoms with Crippen molar-refractivity contribution in [2.45, 2.75) is 45.4 Å². The minimum absolute atomic E-state index is 0.00128. The number of aliphatic hydroxyl groups is 1. The highest BCUT2D eigenvalue weighted by Gasteiger charge is 2.33. The Hall–Kier alpha value is -3.34. The Morgan fingerprint density at radius 1 is 1.12 bits per heavy atom.